The highest BCUT2D eigenvalue weighted by Crippen LogP contribution is 2.35. The van der Waals surface area contributed by atoms with Gasteiger partial charge in [-0.2, -0.15) is 0 Å². The van der Waals surface area contributed by atoms with E-state index < -0.39 is 0 Å². The Morgan fingerprint density at radius 3 is 2.88 bits per heavy atom. The van der Waals surface area contributed by atoms with Crippen LogP contribution in [0.5, 0.6) is 0 Å². The smallest absolute Gasteiger partial charge is 0.275 e. The molecule has 1 saturated carbocycles. The molecule has 1 aliphatic rings. The quantitative estimate of drug-likeness (QED) is 0.772. The molecule has 2 aromatic rings. The zero-order valence-corrected chi connectivity index (χ0v) is 16.2. The van der Waals surface area contributed by atoms with Gasteiger partial charge in [0.2, 0.25) is 0 Å². The minimum atomic E-state index is -0.157. The predicted molar refractivity (Wildman–Crippen MR) is 107 cm³/mol. The van der Waals surface area contributed by atoms with Gasteiger partial charge in [-0.3, -0.25) is 4.79 Å². The maximum atomic E-state index is 12.4. The number of aryl methyl sites for hydroxylation is 1. The lowest BCUT2D eigenvalue weighted by atomic mass is 10.0. The molecule has 0 spiro atoms. The van der Waals surface area contributed by atoms with Gasteiger partial charge in [-0.15, -0.1) is 23.1 Å². The number of anilines is 1. The van der Waals surface area contributed by atoms with Crippen molar-refractivity contribution >= 4 is 34.7 Å². The molecule has 0 saturated heterocycles. The van der Waals surface area contributed by atoms with Gasteiger partial charge < -0.3 is 11.1 Å². The van der Waals surface area contributed by atoms with Crippen molar-refractivity contribution in [2.45, 2.75) is 55.6 Å². The Balaban J connectivity index is 1.62. The van der Waals surface area contributed by atoms with Crippen molar-refractivity contribution in [3.63, 3.8) is 0 Å². The molecule has 1 amide bonds. The van der Waals surface area contributed by atoms with Crippen LogP contribution in [0.15, 0.2) is 28.5 Å². The molecule has 4 nitrogen and oxygen atoms in total. The first-order chi connectivity index (χ1) is 12.2. The number of rotatable bonds is 6. The monoisotopic (exact) mass is 375 g/mol. The summed E-state index contributed by atoms with van der Waals surface area (Å²) in [4.78, 5) is 18.0. The van der Waals surface area contributed by atoms with E-state index in [0.29, 0.717) is 18.7 Å². The molecule has 1 aromatic carbocycles. The van der Waals surface area contributed by atoms with Crippen LogP contribution in [0.4, 0.5) is 5.69 Å². The summed E-state index contributed by atoms with van der Waals surface area (Å²) in [6.07, 6.45) is 7.43. The molecular formula is C19H25N3OS2. The summed E-state index contributed by atoms with van der Waals surface area (Å²) in [7, 11) is 0. The van der Waals surface area contributed by atoms with Crippen molar-refractivity contribution in [3.8, 4) is 0 Å². The number of amides is 1. The zero-order valence-electron chi connectivity index (χ0n) is 14.6. The predicted octanol–water partition coefficient (Wildman–Crippen LogP) is 4.63. The molecule has 0 unspecified atom stereocenters. The van der Waals surface area contributed by atoms with Gasteiger partial charge in [-0.1, -0.05) is 19.3 Å². The number of nitrogens with one attached hydrogen (secondary N) is 1. The number of aromatic nitrogens is 1. The molecule has 6 heteroatoms. The average molecular weight is 376 g/mol. The van der Waals surface area contributed by atoms with Gasteiger partial charge in [0.1, 0.15) is 5.69 Å². The number of carbonyl (C=O) groups is 1. The molecular weight excluding hydrogens is 350 g/mol. The third-order valence-corrected chi connectivity index (χ3v) is 6.68. The Kier molecular flexibility index (Phi) is 6.51. The summed E-state index contributed by atoms with van der Waals surface area (Å²) in [5, 5.41) is 6.42. The number of carbonyl (C=O) groups excluding carboxylic acids is 1. The molecule has 134 valence electrons. The first kappa shape index (κ1) is 18.4. The molecule has 0 atom stereocenters. The van der Waals surface area contributed by atoms with Crippen molar-refractivity contribution in [1.29, 1.82) is 0 Å². The lowest BCUT2D eigenvalue weighted by Crippen LogP contribution is -2.13. The third kappa shape index (κ3) is 5.06. The molecule has 1 aliphatic carbocycles. The number of thioether (sulfide) groups is 1. The number of benzene rings is 1. The normalized spacial score (nSPS) is 15.3. The fraction of sp³-hybridized carbons (Fsp3) is 0.474. The van der Waals surface area contributed by atoms with Crippen LogP contribution in [0.3, 0.4) is 0 Å². The maximum absolute atomic E-state index is 12.4. The number of thiazole rings is 1. The van der Waals surface area contributed by atoms with Crippen LogP contribution in [0.1, 0.15) is 53.2 Å². The van der Waals surface area contributed by atoms with E-state index in [9.17, 15) is 4.79 Å². The van der Waals surface area contributed by atoms with Gasteiger partial charge in [0.05, 0.1) is 5.01 Å². The van der Waals surface area contributed by atoms with E-state index in [4.69, 9.17) is 5.73 Å². The highest BCUT2D eigenvalue weighted by Gasteiger charge is 2.16. The average Bonchev–Trinajstić information content (AvgIpc) is 3.07. The first-order valence-electron chi connectivity index (χ1n) is 8.89. The molecule has 3 N–H and O–H groups in total. The maximum Gasteiger partial charge on any atom is 0.275 e. The highest BCUT2D eigenvalue weighted by molar-refractivity contribution is 8.00. The molecule has 1 fully saturated rings. The van der Waals surface area contributed by atoms with Crippen molar-refractivity contribution in [2.24, 2.45) is 5.73 Å². The molecule has 0 radical (unpaired) electrons. The largest absolute Gasteiger partial charge is 0.330 e. The lowest BCUT2D eigenvalue weighted by molar-refractivity contribution is 0.102. The Labute approximate surface area is 157 Å². The lowest BCUT2D eigenvalue weighted by Gasteiger charge is -2.21. The third-order valence-electron chi connectivity index (χ3n) is 4.44. The first-order valence-corrected chi connectivity index (χ1v) is 10.6. The second-order valence-corrected chi connectivity index (χ2v) is 8.79. The summed E-state index contributed by atoms with van der Waals surface area (Å²) in [6.45, 7) is 2.59. The standard InChI is InChI=1S/C19H25N3OS2/c1-13-11-15(25-14-5-3-2-4-6-14)7-8-16(13)22-19(23)17-12-24-18(21-17)9-10-20/h7-8,11-12,14H,2-6,9-10,20H2,1H3,(H,22,23). The summed E-state index contributed by atoms with van der Waals surface area (Å²) in [6, 6.07) is 6.30. The van der Waals surface area contributed by atoms with Crippen LogP contribution in [0.25, 0.3) is 0 Å². The van der Waals surface area contributed by atoms with Crippen molar-refractivity contribution in [3.05, 3.63) is 39.8 Å². The van der Waals surface area contributed by atoms with E-state index in [0.717, 1.165) is 21.5 Å². The second-order valence-electron chi connectivity index (χ2n) is 6.47. The van der Waals surface area contributed by atoms with E-state index in [-0.39, 0.29) is 5.91 Å². The van der Waals surface area contributed by atoms with E-state index in [1.165, 1.54) is 48.3 Å². The van der Waals surface area contributed by atoms with Gasteiger partial charge >= 0.3 is 0 Å². The number of nitrogens with zero attached hydrogens (tertiary/aromatic N) is 1. The summed E-state index contributed by atoms with van der Waals surface area (Å²) in [5.41, 5.74) is 7.94. The second kappa shape index (κ2) is 8.83. The SMILES string of the molecule is Cc1cc(SC2CCCCC2)ccc1NC(=O)c1csc(CCN)n1. The Bertz CT molecular complexity index is 723. The number of hydrogen-bond acceptors (Lipinski definition) is 5. The molecule has 3 rings (SSSR count). The minimum Gasteiger partial charge on any atom is -0.330 e. The molecule has 1 aromatic heterocycles. The van der Waals surface area contributed by atoms with E-state index in [1.807, 2.05) is 24.8 Å². The van der Waals surface area contributed by atoms with Gasteiger partial charge in [0, 0.05) is 27.6 Å². The molecule has 0 bridgehead atoms. The summed E-state index contributed by atoms with van der Waals surface area (Å²) < 4.78 is 0. The summed E-state index contributed by atoms with van der Waals surface area (Å²) >= 11 is 3.46. The van der Waals surface area contributed by atoms with Crippen LogP contribution >= 0.6 is 23.1 Å². The zero-order chi connectivity index (χ0) is 17.6. The Hall–Kier alpha value is -1.37. The highest BCUT2D eigenvalue weighted by atomic mass is 32.2. The summed E-state index contributed by atoms with van der Waals surface area (Å²) in [5.74, 6) is -0.157. The van der Waals surface area contributed by atoms with Gasteiger partial charge in [-0.05, 0) is 50.1 Å². The molecule has 25 heavy (non-hydrogen) atoms. The van der Waals surface area contributed by atoms with Gasteiger partial charge in [0.25, 0.3) is 5.91 Å². The van der Waals surface area contributed by atoms with E-state index in [2.05, 4.69) is 22.4 Å². The van der Waals surface area contributed by atoms with Crippen LogP contribution in [-0.2, 0) is 6.42 Å². The number of hydrogen-bond donors (Lipinski definition) is 2. The molecule has 0 aliphatic heterocycles. The topological polar surface area (TPSA) is 68.0 Å². The fourth-order valence-corrected chi connectivity index (χ4v) is 5.20. The fourth-order valence-electron chi connectivity index (χ4n) is 3.06. The van der Waals surface area contributed by atoms with Crippen molar-refractivity contribution in [1.82, 2.24) is 4.98 Å². The van der Waals surface area contributed by atoms with Crippen molar-refractivity contribution < 1.29 is 4.79 Å². The van der Waals surface area contributed by atoms with Crippen LogP contribution in [0, 0.1) is 6.92 Å². The van der Waals surface area contributed by atoms with Gasteiger partial charge in [-0.25, -0.2) is 4.98 Å². The van der Waals surface area contributed by atoms with Crippen LogP contribution in [0.2, 0.25) is 0 Å². The van der Waals surface area contributed by atoms with Crippen molar-refractivity contribution in [2.75, 3.05) is 11.9 Å². The van der Waals surface area contributed by atoms with Gasteiger partial charge in [0.15, 0.2) is 0 Å². The van der Waals surface area contributed by atoms with E-state index in [1.54, 1.807) is 5.38 Å². The Morgan fingerprint density at radius 2 is 2.16 bits per heavy atom. The van der Waals surface area contributed by atoms with Crippen LogP contribution < -0.4 is 11.1 Å². The number of nitrogens with two attached hydrogens (primary N) is 1. The Morgan fingerprint density at radius 1 is 1.36 bits per heavy atom. The van der Waals surface area contributed by atoms with Crippen LogP contribution in [-0.4, -0.2) is 22.7 Å². The van der Waals surface area contributed by atoms with E-state index >= 15 is 0 Å². The molecule has 1 heterocycles. The minimum absolute atomic E-state index is 0.157.